The zero-order valence-electron chi connectivity index (χ0n) is 14.0. The minimum atomic E-state index is -0.709. The van der Waals surface area contributed by atoms with E-state index in [2.05, 4.69) is 37.9 Å². The third kappa shape index (κ3) is 3.61. The van der Waals surface area contributed by atoms with Crippen molar-refractivity contribution in [2.24, 2.45) is 0 Å². The number of hydrogen-bond donors (Lipinski definition) is 1. The Morgan fingerprint density at radius 2 is 1.76 bits per heavy atom. The molecule has 1 N–H and O–H groups in total. The first-order chi connectivity index (χ1) is 12.1. The number of aliphatic hydroxyl groups is 1. The van der Waals surface area contributed by atoms with Gasteiger partial charge < -0.3 is 5.11 Å². The van der Waals surface area contributed by atoms with Crippen molar-refractivity contribution in [2.75, 3.05) is 13.1 Å². The largest absolute Gasteiger partial charge is 0.385 e. The number of benzene rings is 2. The molecule has 3 nitrogen and oxygen atoms in total. The Hall–Kier alpha value is -1.75. The number of hydrogen-bond acceptors (Lipinski definition) is 3. The Balaban J connectivity index is 1.43. The number of pyridine rings is 1. The molecule has 0 bridgehead atoms. The highest BCUT2D eigenvalue weighted by Crippen LogP contribution is 2.33. The van der Waals surface area contributed by atoms with Crippen molar-refractivity contribution >= 4 is 26.8 Å². The minimum absolute atomic E-state index is 0.709. The Kier molecular flexibility index (Phi) is 4.59. The zero-order valence-corrected chi connectivity index (χ0v) is 15.6. The van der Waals surface area contributed by atoms with Crippen LogP contribution in [0.1, 0.15) is 24.0 Å². The maximum absolute atomic E-state index is 11.0. The Bertz CT molecular complexity index is 870. The second kappa shape index (κ2) is 6.87. The first-order valence-electron chi connectivity index (χ1n) is 8.67. The van der Waals surface area contributed by atoms with Gasteiger partial charge in [0.1, 0.15) is 0 Å². The van der Waals surface area contributed by atoms with E-state index in [9.17, 15) is 5.11 Å². The van der Waals surface area contributed by atoms with E-state index in [1.165, 1.54) is 10.9 Å². The summed E-state index contributed by atoms with van der Waals surface area (Å²) in [7, 11) is 0. The second-order valence-corrected chi connectivity index (χ2v) is 7.77. The summed E-state index contributed by atoms with van der Waals surface area (Å²) in [5.41, 5.74) is 2.57. The van der Waals surface area contributed by atoms with Crippen LogP contribution in [0.15, 0.2) is 65.3 Å². The third-order valence-electron chi connectivity index (χ3n) is 5.12. The minimum Gasteiger partial charge on any atom is -0.385 e. The molecule has 2 aromatic carbocycles. The first-order valence-corrected chi connectivity index (χ1v) is 9.46. The molecule has 0 unspecified atom stereocenters. The van der Waals surface area contributed by atoms with Crippen LogP contribution in [0.25, 0.3) is 10.9 Å². The Morgan fingerprint density at radius 3 is 2.52 bits per heavy atom. The molecule has 0 atom stereocenters. The molecule has 4 rings (SSSR count). The predicted octanol–water partition coefficient (Wildman–Crippen LogP) is 4.48. The average molecular weight is 397 g/mol. The van der Waals surface area contributed by atoms with Crippen LogP contribution >= 0.6 is 15.9 Å². The Morgan fingerprint density at radius 1 is 1.04 bits per heavy atom. The highest BCUT2D eigenvalue weighted by molar-refractivity contribution is 9.10. The van der Waals surface area contributed by atoms with Crippen LogP contribution in [0.5, 0.6) is 0 Å². The summed E-state index contributed by atoms with van der Waals surface area (Å²) in [5.74, 6) is 0. The van der Waals surface area contributed by atoms with Gasteiger partial charge in [0.15, 0.2) is 0 Å². The van der Waals surface area contributed by atoms with E-state index < -0.39 is 5.60 Å². The van der Waals surface area contributed by atoms with Gasteiger partial charge in [-0.15, -0.1) is 0 Å². The molecule has 1 aliphatic rings. The normalized spacial score (nSPS) is 17.7. The molecular formula is C21H21BrN2O. The second-order valence-electron chi connectivity index (χ2n) is 6.85. The summed E-state index contributed by atoms with van der Waals surface area (Å²) in [6.07, 6.45) is 3.49. The van der Waals surface area contributed by atoms with Crippen LogP contribution in [-0.2, 0) is 12.1 Å². The molecule has 1 aromatic heterocycles. The molecule has 1 fully saturated rings. The Labute approximate surface area is 156 Å². The van der Waals surface area contributed by atoms with Gasteiger partial charge in [-0.2, -0.15) is 0 Å². The summed E-state index contributed by atoms with van der Waals surface area (Å²) in [4.78, 5) is 6.95. The third-order valence-corrected chi connectivity index (χ3v) is 5.65. The number of para-hydroxylation sites is 1. The lowest BCUT2D eigenvalue weighted by Gasteiger charge is -2.38. The number of likely N-dealkylation sites (tertiary alicyclic amines) is 1. The molecule has 25 heavy (non-hydrogen) atoms. The number of nitrogens with zero attached hydrogens (tertiary/aromatic N) is 2. The van der Waals surface area contributed by atoms with Crippen LogP contribution in [0.2, 0.25) is 0 Å². The van der Waals surface area contributed by atoms with E-state index in [1.807, 2.05) is 48.7 Å². The summed E-state index contributed by atoms with van der Waals surface area (Å²) >= 11 is 3.46. The van der Waals surface area contributed by atoms with Crippen LogP contribution in [0.4, 0.5) is 0 Å². The van der Waals surface area contributed by atoms with Crippen molar-refractivity contribution in [3.8, 4) is 0 Å². The number of halogens is 1. The smallest absolute Gasteiger partial charge is 0.0920 e. The molecule has 128 valence electrons. The molecule has 0 saturated carbocycles. The summed E-state index contributed by atoms with van der Waals surface area (Å²) < 4.78 is 1.04. The maximum atomic E-state index is 11.0. The lowest BCUT2D eigenvalue weighted by molar-refractivity contribution is -0.0277. The first kappa shape index (κ1) is 16.7. The molecule has 1 saturated heterocycles. The van der Waals surface area contributed by atoms with E-state index >= 15 is 0 Å². The van der Waals surface area contributed by atoms with E-state index in [0.29, 0.717) is 0 Å². The number of piperidine rings is 1. The molecule has 2 heterocycles. The van der Waals surface area contributed by atoms with Gasteiger partial charge in [-0.05, 0) is 48.2 Å². The van der Waals surface area contributed by atoms with Gasteiger partial charge in [-0.25, -0.2) is 0 Å². The van der Waals surface area contributed by atoms with Gasteiger partial charge in [0.25, 0.3) is 0 Å². The van der Waals surface area contributed by atoms with Crippen molar-refractivity contribution < 1.29 is 5.11 Å². The fraction of sp³-hybridized carbons (Fsp3) is 0.286. The summed E-state index contributed by atoms with van der Waals surface area (Å²) in [6, 6.07) is 18.5. The fourth-order valence-electron chi connectivity index (χ4n) is 3.59. The highest BCUT2D eigenvalue weighted by Gasteiger charge is 2.33. The van der Waals surface area contributed by atoms with Crippen molar-refractivity contribution in [1.82, 2.24) is 9.88 Å². The maximum Gasteiger partial charge on any atom is 0.0920 e. The van der Waals surface area contributed by atoms with Gasteiger partial charge in [0.2, 0.25) is 0 Å². The van der Waals surface area contributed by atoms with E-state index in [-0.39, 0.29) is 0 Å². The van der Waals surface area contributed by atoms with Crippen molar-refractivity contribution in [1.29, 1.82) is 0 Å². The van der Waals surface area contributed by atoms with Gasteiger partial charge in [0.05, 0.1) is 11.1 Å². The molecular weight excluding hydrogens is 376 g/mol. The summed E-state index contributed by atoms with van der Waals surface area (Å²) in [6.45, 7) is 2.66. The fourth-order valence-corrected chi connectivity index (χ4v) is 3.86. The molecule has 4 heteroatoms. The topological polar surface area (TPSA) is 36.4 Å². The monoisotopic (exact) mass is 396 g/mol. The quantitative estimate of drug-likeness (QED) is 0.708. The standard InChI is InChI=1S/C21H21BrN2O/c22-19-7-5-18(6-8-19)21(25)9-11-24(12-10-21)15-16-13-17-3-1-2-4-20(17)23-14-16/h1-8,13-14,25H,9-12,15H2. The zero-order chi connectivity index (χ0) is 17.3. The van der Waals surface area contributed by atoms with Gasteiger partial charge in [0, 0.05) is 35.7 Å². The van der Waals surface area contributed by atoms with E-state index in [4.69, 9.17) is 0 Å². The lowest BCUT2D eigenvalue weighted by Crippen LogP contribution is -2.42. The van der Waals surface area contributed by atoms with Crippen molar-refractivity contribution in [2.45, 2.75) is 25.0 Å². The van der Waals surface area contributed by atoms with Crippen LogP contribution in [0, 0.1) is 0 Å². The van der Waals surface area contributed by atoms with Gasteiger partial charge in [-0.3, -0.25) is 9.88 Å². The van der Waals surface area contributed by atoms with E-state index in [1.54, 1.807) is 0 Å². The SMILES string of the molecule is OC1(c2ccc(Br)cc2)CCN(Cc2cnc3ccccc3c2)CC1. The van der Waals surface area contributed by atoms with Crippen LogP contribution in [-0.4, -0.2) is 28.1 Å². The van der Waals surface area contributed by atoms with Crippen LogP contribution < -0.4 is 0 Å². The van der Waals surface area contributed by atoms with Crippen molar-refractivity contribution in [3.63, 3.8) is 0 Å². The molecule has 1 aliphatic heterocycles. The molecule has 3 aromatic rings. The number of aromatic nitrogens is 1. The van der Waals surface area contributed by atoms with Crippen LogP contribution in [0.3, 0.4) is 0 Å². The van der Waals surface area contributed by atoms with Gasteiger partial charge >= 0.3 is 0 Å². The summed E-state index contributed by atoms with van der Waals surface area (Å²) in [5, 5.41) is 12.2. The lowest BCUT2D eigenvalue weighted by atomic mass is 9.84. The molecule has 0 amide bonds. The highest BCUT2D eigenvalue weighted by atomic mass is 79.9. The van der Waals surface area contributed by atoms with Crippen molar-refractivity contribution in [3.05, 3.63) is 76.4 Å². The molecule has 0 spiro atoms. The van der Waals surface area contributed by atoms with E-state index in [0.717, 1.165) is 48.0 Å². The average Bonchev–Trinajstić information content (AvgIpc) is 2.64. The molecule has 0 radical (unpaired) electrons. The predicted molar refractivity (Wildman–Crippen MR) is 104 cm³/mol. The molecule has 0 aliphatic carbocycles. The number of fused-ring (bicyclic) bond motifs is 1. The van der Waals surface area contributed by atoms with Gasteiger partial charge in [-0.1, -0.05) is 46.3 Å². The number of rotatable bonds is 3.